The molecule has 0 atom stereocenters. The molecule has 2 rings (SSSR count). The van der Waals surface area contributed by atoms with Crippen molar-refractivity contribution in [3.8, 4) is 6.07 Å². The molecule has 1 heterocycles. The van der Waals surface area contributed by atoms with E-state index in [1.54, 1.807) is 40.0 Å². The average Bonchev–Trinajstić information content (AvgIpc) is 2.89. The molecule has 20 heavy (non-hydrogen) atoms. The minimum absolute atomic E-state index is 0.0755. The summed E-state index contributed by atoms with van der Waals surface area (Å²) in [5.41, 5.74) is 2.02. The zero-order chi connectivity index (χ0) is 14.5. The first-order valence-electron chi connectivity index (χ1n) is 6.41. The number of hydrogen-bond donors (Lipinski definition) is 0. The number of nitrogens with zero attached hydrogens (tertiary/aromatic N) is 4. The fourth-order valence-electron chi connectivity index (χ4n) is 2.01. The summed E-state index contributed by atoms with van der Waals surface area (Å²) in [6.07, 6.45) is 3.64. The van der Waals surface area contributed by atoms with Crippen molar-refractivity contribution in [2.24, 2.45) is 7.05 Å². The van der Waals surface area contributed by atoms with E-state index in [2.05, 4.69) is 5.10 Å². The minimum atomic E-state index is -0.0755. The summed E-state index contributed by atoms with van der Waals surface area (Å²) >= 11 is 0. The maximum absolute atomic E-state index is 12.4. The molecule has 0 aliphatic heterocycles. The van der Waals surface area contributed by atoms with Gasteiger partial charge in [-0.25, -0.2) is 0 Å². The lowest BCUT2D eigenvalue weighted by Crippen LogP contribution is -2.30. The second kappa shape index (κ2) is 6.02. The van der Waals surface area contributed by atoms with Gasteiger partial charge in [-0.1, -0.05) is 6.07 Å². The van der Waals surface area contributed by atoms with Crippen molar-refractivity contribution in [2.75, 3.05) is 6.54 Å². The van der Waals surface area contributed by atoms with E-state index in [1.165, 1.54) is 0 Å². The van der Waals surface area contributed by atoms with Crippen LogP contribution in [0.3, 0.4) is 0 Å². The highest BCUT2D eigenvalue weighted by Crippen LogP contribution is 2.11. The van der Waals surface area contributed by atoms with Gasteiger partial charge in [0.2, 0.25) is 0 Å². The maximum atomic E-state index is 12.4. The highest BCUT2D eigenvalue weighted by atomic mass is 16.2. The first kappa shape index (κ1) is 13.8. The molecule has 0 aliphatic carbocycles. The zero-order valence-corrected chi connectivity index (χ0v) is 11.6. The molecule has 0 bridgehead atoms. The zero-order valence-electron chi connectivity index (χ0n) is 11.6. The van der Waals surface area contributed by atoms with Gasteiger partial charge in [0.25, 0.3) is 5.91 Å². The number of benzene rings is 1. The number of carbonyl (C=O) groups is 1. The number of hydrogen-bond acceptors (Lipinski definition) is 3. The third kappa shape index (κ3) is 3.04. The van der Waals surface area contributed by atoms with Crippen LogP contribution in [-0.2, 0) is 13.6 Å². The van der Waals surface area contributed by atoms with Gasteiger partial charge in [-0.05, 0) is 25.1 Å². The van der Waals surface area contributed by atoms with Crippen LogP contribution in [0.15, 0.2) is 36.7 Å². The van der Waals surface area contributed by atoms with Crippen molar-refractivity contribution in [3.05, 3.63) is 53.3 Å². The average molecular weight is 268 g/mol. The molecule has 0 radical (unpaired) electrons. The Hall–Kier alpha value is -2.61. The molecule has 0 spiro atoms. The Bertz CT molecular complexity index is 654. The molecule has 102 valence electrons. The molecule has 0 saturated heterocycles. The van der Waals surface area contributed by atoms with Crippen LogP contribution in [-0.4, -0.2) is 27.1 Å². The summed E-state index contributed by atoms with van der Waals surface area (Å²) in [6, 6.07) is 8.81. The van der Waals surface area contributed by atoms with Gasteiger partial charge in [0, 0.05) is 37.5 Å². The van der Waals surface area contributed by atoms with E-state index in [0.29, 0.717) is 24.2 Å². The van der Waals surface area contributed by atoms with E-state index in [-0.39, 0.29) is 5.91 Å². The van der Waals surface area contributed by atoms with Crippen molar-refractivity contribution >= 4 is 5.91 Å². The second-order valence-corrected chi connectivity index (χ2v) is 4.53. The summed E-state index contributed by atoms with van der Waals surface area (Å²) in [5.74, 6) is -0.0755. The molecule has 0 unspecified atom stereocenters. The Morgan fingerprint density at radius 1 is 1.50 bits per heavy atom. The molecular weight excluding hydrogens is 252 g/mol. The van der Waals surface area contributed by atoms with E-state index < -0.39 is 0 Å². The van der Waals surface area contributed by atoms with E-state index in [1.807, 2.05) is 26.2 Å². The molecule has 2 aromatic rings. The van der Waals surface area contributed by atoms with Crippen molar-refractivity contribution in [1.29, 1.82) is 5.26 Å². The van der Waals surface area contributed by atoms with Crippen LogP contribution in [0.25, 0.3) is 0 Å². The van der Waals surface area contributed by atoms with Crippen LogP contribution in [0, 0.1) is 11.3 Å². The smallest absolute Gasteiger partial charge is 0.254 e. The van der Waals surface area contributed by atoms with Crippen molar-refractivity contribution in [3.63, 3.8) is 0 Å². The van der Waals surface area contributed by atoms with Gasteiger partial charge in [0.05, 0.1) is 17.8 Å². The summed E-state index contributed by atoms with van der Waals surface area (Å²) in [6.45, 7) is 3.05. The maximum Gasteiger partial charge on any atom is 0.254 e. The molecule has 5 nitrogen and oxygen atoms in total. The Kier molecular flexibility index (Phi) is 4.16. The Morgan fingerprint density at radius 3 is 2.90 bits per heavy atom. The Labute approximate surface area is 118 Å². The monoisotopic (exact) mass is 268 g/mol. The predicted molar refractivity (Wildman–Crippen MR) is 74.8 cm³/mol. The largest absolute Gasteiger partial charge is 0.334 e. The van der Waals surface area contributed by atoms with Gasteiger partial charge in [-0.15, -0.1) is 0 Å². The van der Waals surface area contributed by atoms with Crippen molar-refractivity contribution in [1.82, 2.24) is 14.7 Å². The van der Waals surface area contributed by atoms with E-state index >= 15 is 0 Å². The van der Waals surface area contributed by atoms with Crippen molar-refractivity contribution in [2.45, 2.75) is 13.5 Å². The van der Waals surface area contributed by atoms with E-state index in [4.69, 9.17) is 5.26 Å². The number of carbonyl (C=O) groups excluding carboxylic acids is 1. The lowest BCUT2D eigenvalue weighted by Gasteiger charge is -2.20. The predicted octanol–water partition coefficient (Wildman–Crippen LogP) is 1.95. The van der Waals surface area contributed by atoms with Gasteiger partial charge in [-0.3, -0.25) is 9.48 Å². The van der Waals surface area contributed by atoms with Gasteiger partial charge in [0.15, 0.2) is 0 Å². The summed E-state index contributed by atoms with van der Waals surface area (Å²) < 4.78 is 1.71. The van der Waals surface area contributed by atoms with Gasteiger partial charge in [0.1, 0.15) is 0 Å². The number of aromatic nitrogens is 2. The van der Waals surface area contributed by atoms with Crippen LogP contribution >= 0.6 is 0 Å². The third-order valence-electron chi connectivity index (χ3n) is 3.04. The molecule has 0 N–H and O–H groups in total. The first-order valence-corrected chi connectivity index (χ1v) is 6.41. The molecule has 1 amide bonds. The quantitative estimate of drug-likeness (QED) is 0.851. The number of aryl methyl sites for hydroxylation is 1. The molecule has 0 aliphatic rings. The Balaban J connectivity index is 2.18. The molecular formula is C15H16N4O. The van der Waals surface area contributed by atoms with Gasteiger partial charge >= 0.3 is 0 Å². The van der Waals surface area contributed by atoms with E-state index in [0.717, 1.165) is 5.56 Å². The number of rotatable bonds is 4. The normalized spacial score (nSPS) is 10.1. The van der Waals surface area contributed by atoms with Crippen LogP contribution in [0.4, 0.5) is 0 Å². The topological polar surface area (TPSA) is 61.9 Å². The second-order valence-electron chi connectivity index (χ2n) is 4.53. The van der Waals surface area contributed by atoms with Crippen LogP contribution in [0.5, 0.6) is 0 Å². The van der Waals surface area contributed by atoms with Crippen molar-refractivity contribution < 1.29 is 4.79 Å². The minimum Gasteiger partial charge on any atom is -0.334 e. The number of nitriles is 1. The third-order valence-corrected chi connectivity index (χ3v) is 3.04. The van der Waals surface area contributed by atoms with Crippen LogP contribution in [0.2, 0.25) is 0 Å². The first-order chi connectivity index (χ1) is 9.63. The highest BCUT2D eigenvalue weighted by Gasteiger charge is 2.15. The lowest BCUT2D eigenvalue weighted by atomic mass is 10.1. The number of amides is 1. The molecule has 0 saturated carbocycles. The summed E-state index contributed by atoms with van der Waals surface area (Å²) in [5, 5.41) is 13.0. The lowest BCUT2D eigenvalue weighted by molar-refractivity contribution is 0.0752. The molecule has 5 heteroatoms. The summed E-state index contributed by atoms with van der Waals surface area (Å²) in [4.78, 5) is 14.2. The standard InChI is InChI=1S/C15H16N4O/c1-3-19(11-13-9-17-18(2)10-13)15(20)14-6-4-5-12(7-14)8-16/h4-7,9-10H,3,11H2,1-2H3. The molecule has 1 aromatic carbocycles. The van der Waals surface area contributed by atoms with Gasteiger partial charge < -0.3 is 4.90 Å². The summed E-state index contributed by atoms with van der Waals surface area (Å²) in [7, 11) is 1.85. The molecule has 0 fully saturated rings. The fraction of sp³-hybridized carbons (Fsp3) is 0.267. The van der Waals surface area contributed by atoms with Crippen LogP contribution in [0.1, 0.15) is 28.4 Å². The van der Waals surface area contributed by atoms with Crippen LogP contribution < -0.4 is 0 Å². The van der Waals surface area contributed by atoms with E-state index in [9.17, 15) is 4.79 Å². The SMILES string of the molecule is CCN(Cc1cnn(C)c1)C(=O)c1cccc(C#N)c1. The highest BCUT2D eigenvalue weighted by molar-refractivity contribution is 5.94. The van der Waals surface area contributed by atoms with Gasteiger partial charge in [-0.2, -0.15) is 10.4 Å². The fourth-order valence-corrected chi connectivity index (χ4v) is 2.01. The Morgan fingerprint density at radius 2 is 2.30 bits per heavy atom. The molecule has 1 aromatic heterocycles.